The van der Waals surface area contributed by atoms with Crippen LogP contribution >= 0.6 is 0 Å². The molecule has 3 N–H and O–H groups in total. The molecule has 3 aliphatic rings. The zero-order valence-electron chi connectivity index (χ0n) is 22.7. The van der Waals surface area contributed by atoms with Crippen molar-refractivity contribution in [2.24, 2.45) is 0 Å². The number of aromatic nitrogens is 7. The Labute approximate surface area is 245 Å². The minimum atomic E-state index is -3.51. The first kappa shape index (κ1) is 27.6. The summed E-state index contributed by atoms with van der Waals surface area (Å²) in [6.45, 7) is 0.631. The van der Waals surface area contributed by atoms with Gasteiger partial charge in [0.25, 0.3) is 15.9 Å². The van der Waals surface area contributed by atoms with Gasteiger partial charge in [0.2, 0.25) is 0 Å². The van der Waals surface area contributed by atoms with Crippen LogP contribution in [0.1, 0.15) is 60.9 Å². The summed E-state index contributed by atoms with van der Waals surface area (Å²) >= 11 is 0. The normalized spacial score (nSPS) is 22.9. The summed E-state index contributed by atoms with van der Waals surface area (Å²) in [4.78, 5) is 13.3. The lowest BCUT2D eigenvalue weighted by atomic mass is 9.93. The smallest absolute Gasteiger partial charge is 0.272 e. The molecule has 0 amide bonds. The van der Waals surface area contributed by atoms with Gasteiger partial charge in [0, 0.05) is 36.6 Å². The predicted octanol–water partition coefficient (Wildman–Crippen LogP) is 2.78. The molecule has 3 unspecified atom stereocenters. The van der Waals surface area contributed by atoms with E-state index in [1.54, 1.807) is 18.5 Å². The molecule has 0 radical (unpaired) electrons. The SMILES string of the molecule is O=S(=O)(C1CC1)n1cc(-c2nccc(Nc3cc(C4CC(O)CCN4)c(C#Cc4cnn(C5CC5(F)F)c4)cn3)n2)cn1. The topological polar surface area (TPSA) is 153 Å². The van der Waals surface area contributed by atoms with E-state index in [1.165, 1.54) is 29.5 Å². The van der Waals surface area contributed by atoms with E-state index in [0.29, 0.717) is 66.4 Å². The van der Waals surface area contributed by atoms with Crippen molar-refractivity contribution in [1.82, 2.24) is 39.2 Å². The average Bonchev–Trinajstić information content (AvgIpc) is 3.81. The summed E-state index contributed by atoms with van der Waals surface area (Å²) in [5.74, 6) is 4.57. The van der Waals surface area contributed by atoms with Gasteiger partial charge in [-0.25, -0.2) is 32.2 Å². The number of nitrogens with one attached hydrogen (secondary N) is 2. The molecule has 1 aliphatic heterocycles. The average molecular weight is 608 g/mol. The minimum Gasteiger partial charge on any atom is -0.393 e. The van der Waals surface area contributed by atoms with Crippen LogP contribution in [0.3, 0.4) is 0 Å². The van der Waals surface area contributed by atoms with Gasteiger partial charge in [0.05, 0.1) is 41.1 Å². The molecule has 5 heterocycles. The van der Waals surface area contributed by atoms with E-state index in [1.807, 2.05) is 6.07 Å². The van der Waals surface area contributed by atoms with Crippen LogP contribution in [-0.4, -0.2) is 71.3 Å². The molecule has 7 rings (SSSR count). The highest BCUT2D eigenvalue weighted by molar-refractivity contribution is 7.90. The number of aliphatic hydroxyl groups is 1. The third-order valence-corrected chi connectivity index (χ3v) is 9.71. The Bertz CT molecular complexity index is 1860. The standard InChI is InChI=1S/C28H27F2N9O3S/c29-28(30)11-24(28)38-15-17(12-34-38)1-2-18-13-33-26(10-22(18)23-9-20(40)5-7-31-23)36-25-6-8-32-27(37-25)19-14-35-39(16-19)43(41,42)21-3-4-21/h6,8,10,12-16,20-21,23-24,31,40H,3-5,7,9,11H2,(H,32,33,36,37). The van der Waals surface area contributed by atoms with Gasteiger partial charge in [-0.2, -0.15) is 14.3 Å². The Morgan fingerprint density at radius 2 is 1.91 bits per heavy atom. The Morgan fingerprint density at radius 1 is 1.07 bits per heavy atom. The Morgan fingerprint density at radius 3 is 2.67 bits per heavy atom. The zero-order chi connectivity index (χ0) is 29.8. The molecule has 2 aliphatic carbocycles. The van der Waals surface area contributed by atoms with Crippen LogP contribution in [0.25, 0.3) is 11.4 Å². The molecule has 12 nitrogen and oxygen atoms in total. The first-order chi connectivity index (χ1) is 20.7. The number of anilines is 2. The van der Waals surface area contributed by atoms with Crippen molar-refractivity contribution in [3.63, 3.8) is 0 Å². The quantitative estimate of drug-likeness (QED) is 0.267. The molecule has 4 aromatic rings. The van der Waals surface area contributed by atoms with E-state index < -0.39 is 33.3 Å². The van der Waals surface area contributed by atoms with Gasteiger partial charge in [-0.15, -0.1) is 0 Å². The predicted molar refractivity (Wildman–Crippen MR) is 151 cm³/mol. The van der Waals surface area contributed by atoms with E-state index in [0.717, 1.165) is 9.65 Å². The summed E-state index contributed by atoms with van der Waals surface area (Å²) in [5, 5.41) is 24.6. The monoisotopic (exact) mass is 607 g/mol. The Hall–Kier alpha value is -4.26. The second kappa shape index (κ2) is 10.5. The van der Waals surface area contributed by atoms with E-state index in [2.05, 4.69) is 47.6 Å². The number of halogens is 2. The number of nitrogens with zero attached hydrogens (tertiary/aromatic N) is 7. The Balaban J connectivity index is 1.14. The molecule has 4 aromatic heterocycles. The molecule has 15 heteroatoms. The lowest BCUT2D eigenvalue weighted by molar-refractivity contribution is 0.0983. The van der Waals surface area contributed by atoms with Crippen LogP contribution in [-0.2, 0) is 10.0 Å². The number of hydrogen-bond acceptors (Lipinski definition) is 10. The second-order valence-electron chi connectivity index (χ2n) is 11.0. The molecule has 222 valence electrons. The van der Waals surface area contributed by atoms with E-state index in [9.17, 15) is 22.3 Å². The van der Waals surface area contributed by atoms with Crippen molar-refractivity contribution in [3.8, 4) is 23.2 Å². The number of rotatable bonds is 7. The van der Waals surface area contributed by atoms with Crippen molar-refractivity contribution < 1.29 is 22.3 Å². The van der Waals surface area contributed by atoms with Crippen LogP contribution in [0, 0.1) is 11.8 Å². The molecule has 3 atom stereocenters. The second-order valence-corrected chi connectivity index (χ2v) is 13.1. The van der Waals surface area contributed by atoms with Gasteiger partial charge in [0.1, 0.15) is 17.7 Å². The third kappa shape index (κ3) is 5.73. The van der Waals surface area contributed by atoms with Gasteiger partial charge in [-0.05, 0) is 49.9 Å². The maximum atomic E-state index is 13.4. The fourth-order valence-electron chi connectivity index (χ4n) is 5.04. The molecule has 2 saturated carbocycles. The zero-order valence-corrected chi connectivity index (χ0v) is 23.5. The van der Waals surface area contributed by atoms with Crippen molar-refractivity contribution in [1.29, 1.82) is 0 Å². The number of alkyl halides is 2. The minimum absolute atomic E-state index is 0.190. The number of hydrogen-bond donors (Lipinski definition) is 3. The molecule has 0 bridgehead atoms. The Kier molecular flexibility index (Phi) is 6.71. The van der Waals surface area contributed by atoms with Crippen molar-refractivity contribution >= 4 is 21.7 Å². The van der Waals surface area contributed by atoms with Crippen LogP contribution in [0.5, 0.6) is 0 Å². The lowest BCUT2D eigenvalue weighted by Crippen LogP contribution is -2.34. The van der Waals surface area contributed by atoms with Crippen LogP contribution < -0.4 is 10.6 Å². The van der Waals surface area contributed by atoms with E-state index >= 15 is 0 Å². The third-order valence-electron chi connectivity index (χ3n) is 7.68. The van der Waals surface area contributed by atoms with Crippen LogP contribution in [0.15, 0.2) is 49.3 Å². The van der Waals surface area contributed by atoms with Crippen LogP contribution in [0.2, 0.25) is 0 Å². The molecule has 0 spiro atoms. The fourth-order valence-corrected chi connectivity index (χ4v) is 6.52. The molecule has 0 aromatic carbocycles. The van der Waals surface area contributed by atoms with Crippen LogP contribution in [0.4, 0.5) is 20.4 Å². The highest BCUT2D eigenvalue weighted by Crippen LogP contribution is 2.52. The van der Waals surface area contributed by atoms with Gasteiger partial charge >= 0.3 is 0 Å². The van der Waals surface area contributed by atoms with E-state index in [4.69, 9.17) is 0 Å². The number of aliphatic hydroxyl groups excluding tert-OH is 1. The largest absolute Gasteiger partial charge is 0.393 e. The summed E-state index contributed by atoms with van der Waals surface area (Å²) in [5.41, 5.74) is 2.40. The van der Waals surface area contributed by atoms with Gasteiger partial charge in [-0.3, -0.25) is 4.68 Å². The van der Waals surface area contributed by atoms with Crippen molar-refractivity contribution in [2.45, 2.75) is 61.5 Å². The number of piperidine rings is 1. The summed E-state index contributed by atoms with van der Waals surface area (Å²) in [6, 6.07) is 2.38. The van der Waals surface area contributed by atoms with E-state index in [-0.39, 0.29) is 12.5 Å². The first-order valence-electron chi connectivity index (χ1n) is 13.9. The summed E-state index contributed by atoms with van der Waals surface area (Å²) in [6.07, 6.45) is 10.7. The highest BCUT2D eigenvalue weighted by atomic mass is 32.2. The fraction of sp³-hybridized carbons (Fsp3) is 0.393. The molecule has 1 saturated heterocycles. The van der Waals surface area contributed by atoms with Gasteiger partial charge < -0.3 is 15.7 Å². The molecule has 43 heavy (non-hydrogen) atoms. The first-order valence-corrected chi connectivity index (χ1v) is 15.4. The lowest BCUT2D eigenvalue weighted by Gasteiger charge is -2.28. The molecular weight excluding hydrogens is 580 g/mol. The van der Waals surface area contributed by atoms with Crippen molar-refractivity contribution in [3.05, 3.63) is 66.0 Å². The highest BCUT2D eigenvalue weighted by Gasteiger charge is 2.59. The molecular formula is C28H27F2N9O3S. The maximum Gasteiger partial charge on any atom is 0.272 e. The number of pyridine rings is 1. The maximum absolute atomic E-state index is 13.4. The molecule has 3 fully saturated rings. The van der Waals surface area contributed by atoms with Crippen molar-refractivity contribution in [2.75, 3.05) is 11.9 Å². The summed E-state index contributed by atoms with van der Waals surface area (Å²) in [7, 11) is -3.51. The van der Waals surface area contributed by atoms with Gasteiger partial charge in [0.15, 0.2) is 5.82 Å². The van der Waals surface area contributed by atoms with Gasteiger partial charge in [-0.1, -0.05) is 11.8 Å². The summed E-state index contributed by atoms with van der Waals surface area (Å²) < 4.78 is 54.1.